The highest BCUT2D eigenvalue weighted by Crippen LogP contribution is 2.27. The first kappa shape index (κ1) is 21.1. The van der Waals surface area contributed by atoms with Crippen molar-refractivity contribution in [1.29, 1.82) is 0 Å². The Bertz CT molecular complexity index is 538. The zero-order valence-corrected chi connectivity index (χ0v) is 15.3. The van der Waals surface area contributed by atoms with Gasteiger partial charge in [0.1, 0.15) is 0 Å². The molecule has 4 nitrogen and oxygen atoms in total. The Morgan fingerprint density at radius 1 is 1.36 bits per heavy atom. The van der Waals surface area contributed by atoms with Gasteiger partial charge in [-0.1, -0.05) is 44.4 Å². The summed E-state index contributed by atoms with van der Waals surface area (Å²) in [6.07, 6.45) is 17.0. The van der Waals surface area contributed by atoms with Gasteiger partial charge in [-0.05, 0) is 37.5 Å². The van der Waals surface area contributed by atoms with Crippen LogP contribution in [-0.4, -0.2) is 30.1 Å². The molecule has 4 heteroatoms. The normalized spacial score (nSPS) is 20.5. The Kier molecular flexibility index (Phi) is 10.5. The molecule has 0 amide bonds. The minimum atomic E-state index is -1.16. The molecular weight excluding hydrogens is 316 g/mol. The predicted molar refractivity (Wildman–Crippen MR) is 98.9 cm³/mol. The molecule has 0 aliphatic heterocycles. The number of carbonyl (C=O) groups excluding carboxylic acids is 2. The maximum atomic E-state index is 12.0. The van der Waals surface area contributed by atoms with Gasteiger partial charge in [0.25, 0.3) is 0 Å². The maximum Gasteiger partial charge on any atom is 0.335 e. The average molecular weight is 346 g/mol. The largest absolute Gasteiger partial charge is 0.467 e. The lowest BCUT2D eigenvalue weighted by molar-refractivity contribution is -0.150. The molecule has 0 radical (unpaired) electrons. The highest BCUT2D eigenvalue weighted by Gasteiger charge is 2.26. The summed E-state index contributed by atoms with van der Waals surface area (Å²) >= 11 is 0. The molecule has 0 heterocycles. The second-order valence-electron chi connectivity index (χ2n) is 6.31. The maximum absolute atomic E-state index is 12.0. The number of allylic oxidation sites excluding steroid dienone is 4. The van der Waals surface area contributed by atoms with Gasteiger partial charge in [0.05, 0.1) is 7.11 Å². The van der Waals surface area contributed by atoms with E-state index in [1.807, 2.05) is 6.08 Å². The first-order chi connectivity index (χ1) is 12.1. The molecule has 0 saturated carbocycles. The van der Waals surface area contributed by atoms with Crippen LogP contribution >= 0.6 is 0 Å². The van der Waals surface area contributed by atoms with Crippen molar-refractivity contribution >= 4 is 11.8 Å². The van der Waals surface area contributed by atoms with Gasteiger partial charge in [-0.25, -0.2) is 4.79 Å². The minimum absolute atomic E-state index is 0.0710. The number of esters is 1. The number of unbranched alkanes of at least 4 members (excludes halogenated alkanes) is 4. The monoisotopic (exact) mass is 346 g/mol. The van der Waals surface area contributed by atoms with Crippen molar-refractivity contribution in [1.82, 2.24) is 0 Å². The number of aliphatic hydroxyl groups is 1. The molecule has 1 aliphatic carbocycles. The number of aliphatic hydroxyl groups excluding tert-OH is 1. The van der Waals surface area contributed by atoms with Crippen molar-refractivity contribution in [2.24, 2.45) is 11.8 Å². The van der Waals surface area contributed by atoms with E-state index in [0.717, 1.165) is 6.42 Å². The van der Waals surface area contributed by atoms with Crippen LogP contribution in [0.2, 0.25) is 0 Å². The van der Waals surface area contributed by atoms with Crippen LogP contribution in [0.1, 0.15) is 51.9 Å². The third kappa shape index (κ3) is 8.15. The van der Waals surface area contributed by atoms with Crippen LogP contribution in [0.25, 0.3) is 0 Å². The standard InChI is InChI=1S/C21H30O4/c1-3-4-5-6-7-9-12-17-15-16-19(22)18(17)13-10-8-11-14-20(23)21(24)25-2/h9-12,15-18,20,23H,3-7,13-14H2,1-2H3/t8?,17-,18+,20?/m0/s1. The van der Waals surface area contributed by atoms with E-state index in [1.54, 1.807) is 18.2 Å². The molecule has 0 bridgehead atoms. The Balaban J connectivity index is 2.41. The molecule has 0 spiro atoms. The SMILES string of the molecule is CCCCCCC=C[C@H]1C=CC(=O)[C@@H]1CC=C=CCC(O)C(=O)OC. The van der Waals surface area contributed by atoms with Crippen LogP contribution in [-0.2, 0) is 14.3 Å². The van der Waals surface area contributed by atoms with Crippen LogP contribution < -0.4 is 0 Å². The number of rotatable bonds is 11. The van der Waals surface area contributed by atoms with E-state index < -0.39 is 12.1 Å². The minimum Gasteiger partial charge on any atom is -0.467 e. The van der Waals surface area contributed by atoms with Crippen molar-refractivity contribution in [3.8, 4) is 0 Å². The lowest BCUT2D eigenvalue weighted by atomic mass is 9.91. The zero-order chi connectivity index (χ0) is 18.5. The number of carbonyl (C=O) groups is 2. The zero-order valence-electron chi connectivity index (χ0n) is 15.3. The molecule has 138 valence electrons. The van der Waals surface area contributed by atoms with Gasteiger partial charge in [0.2, 0.25) is 0 Å². The van der Waals surface area contributed by atoms with E-state index in [9.17, 15) is 14.7 Å². The smallest absolute Gasteiger partial charge is 0.335 e. The number of ether oxygens (including phenoxy) is 1. The Morgan fingerprint density at radius 2 is 2.16 bits per heavy atom. The Hall–Kier alpha value is -1.90. The predicted octanol–water partition coefficient (Wildman–Crippen LogP) is 3.91. The molecule has 0 fully saturated rings. The van der Waals surface area contributed by atoms with Crippen LogP contribution in [0.15, 0.2) is 42.2 Å². The quantitative estimate of drug-likeness (QED) is 0.267. The fraction of sp³-hybridized carbons (Fsp3) is 0.571. The van der Waals surface area contributed by atoms with E-state index in [4.69, 9.17) is 0 Å². The van der Waals surface area contributed by atoms with Gasteiger partial charge in [0, 0.05) is 18.3 Å². The van der Waals surface area contributed by atoms with E-state index >= 15 is 0 Å². The number of hydrogen-bond acceptors (Lipinski definition) is 4. The number of ketones is 1. The van der Waals surface area contributed by atoms with Gasteiger partial charge < -0.3 is 9.84 Å². The second kappa shape index (κ2) is 12.5. The Morgan fingerprint density at radius 3 is 2.88 bits per heavy atom. The second-order valence-corrected chi connectivity index (χ2v) is 6.31. The van der Waals surface area contributed by atoms with Gasteiger partial charge >= 0.3 is 5.97 Å². The molecule has 0 aromatic rings. The lowest BCUT2D eigenvalue weighted by Gasteiger charge is -2.12. The molecule has 25 heavy (non-hydrogen) atoms. The van der Waals surface area contributed by atoms with Crippen molar-refractivity contribution < 1.29 is 19.4 Å². The summed E-state index contributed by atoms with van der Waals surface area (Å²) in [5.41, 5.74) is 2.93. The van der Waals surface area contributed by atoms with Crippen LogP contribution in [0.5, 0.6) is 0 Å². The molecular formula is C21H30O4. The fourth-order valence-corrected chi connectivity index (χ4v) is 2.76. The Labute approximate surface area is 151 Å². The third-order valence-corrected chi connectivity index (χ3v) is 4.32. The summed E-state index contributed by atoms with van der Waals surface area (Å²) in [6, 6.07) is 0. The van der Waals surface area contributed by atoms with Crippen molar-refractivity contribution in [3.63, 3.8) is 0 Å². The molecule has 1 rings (SSSR count). The topological polar surface area (TPSA) is 63.6 Å². The molecule has 1 N–H and O–H groups in total. The summed E-state index contributed by atoms with van der Waals surface area (Å²) in [5, 5.41) is 9.45. The summed E-state index contributed by atoms with van der Waals surface area (Å²) in [7, 11) is 1.24. The van der Waals surface area contributed by atoms with Crippen molar-refractivity contribution in [2.75, 3.05) is 7.11 Å². The fourth-order valence-electron chi connectivity index (χ4n) is 2.76. The summed E-state index contributed by atoms with van der Waals surface area (Å²) in [5.74, 6) is -0.429. The molecule has 0 aromatic carbocycles. The summed E-state index contributed by atoms with van der Waals surface area (Å²) in [6.45, 7) is 2.20. The molecule has 1 aliphatic rings. The molecule has 1 unspecified atom stereocenters. The van der Waals surface area contributed by atoms with Crippen LogP contribution in [0.4, 0.5) is 0 Å². The van der Waals surface area contributed by atoms with Crippen molar-refractivity contribution in [3.05, 3.63) is 42.2 Å². The highest BCUT2D eigenvalue weighted by molar-refractivity contribution is 5.95. The van der Waals surface area contributed by atoms with E-state index in [2.05, 4.69) is 29.5 Å². The third-order valence-electron chi connectivity index (χ3n) is 4.32. The summed E-state index contributed by atoms with van der Waals surface area (Å²) in [4.78, 5) is 23.0. The van der Waals surface area contributed by atoms with Gasteiger partial charge in [-0.2, -0.15) is 0 Å². The summed E-state index contributed by atoms with van der Waals surface area (Å²) < 4.78 is 4.44. The molecule has 0 aromatic heterocycles. The van der Waals surface area contributed by atoms with Crippen LogP contribution in [0, 0.1) is 11.8 Å². The molecule has 0 saturated heterocycles. The first-order valence-corrected chi connectivity index (χ1v) is 9.14. The van der Waals surface area contributed by atoms with Crippen LogP contribution in [0.3, 0.4) is 0 Å². The first-order valence-electron chi connectivity index (χ1n) is 9.14. The van der Waals surface area contributed by atoms with Gasteiger partial charge in [0.15, 0.2) is 11.9 Å². The van der Waals surface area contributed by atoms with E-state index in [1.165, 1.54) is 32.8 Å². The van der Waals surface area contributed by atoms with Crippen molar-refractivity contribution in [2.45, 2.75) is 58.0 Å². The lowest BCUT2D eigenvalue weighted by Crippen LogP contribution is -2.20. The van der Waals surface area contributed by atoms with Gasteiger partial charge in [-0.3, -0.25) is 4.79 Å². The number of methoxy groups -OCH3 is 1. The van der Waals surface area contributed by atoms with E-state index in [-0.39, 0.29) is 24.0 Å². The number of hydrogen-bond donors (Lipinski definition) is 1. The van der Waals surface area contributed by atoms with E-state index in [0.29, 0.717) is 6.42 Å². The highest BCUT2D eigenvalue weighted by atomic mass is 16.5. The molecule has 3 atom stereocenters. The van der Waals surface area contributed by atoms with Gasteiger partial charge in [-0.15, -0.1) is 5.73 Å². The average Bonchev–Trinajstić information content (AvgIpc) is 2.96.